The van der Waals surface area contributed by atoms with Crippen LogP contribution in [0.1, 0.15) is 5.56 Å². The minimum atomic E-state index is -0.00159. The quantitative estimate of drug-likeness (QED) is 0.574. The van der Waals surface area contributed by atoms with Crippen LogP contribution in [0.5, 0.6) is 5.75 Å². The van der Waals surface area contributed by atoms with Gasteiger partial charge in [-0.1, -0.05) is 0 Å². The van der Waals surface area contributed by atoms with Crippen LogP contribution in [-0.2, 0) is 6.54 Å². The average Bonchev–Trinajstić information content (AvgIpc) is 2.85. The zero-order valence-electron chi connectivity index (χ0n) is 10.5. The van der Waals surface area contributed by atoms with Crippen LogP contribution in [0.2, 0.25) is 0 Å². The summed E-state index contributed by atoms with van der Waals surface area (Å²) in [5, 5.41) is 2.42. The van der Waals surface area contributed by atoms with Crippen LogP contribution in [0.15, 0.2) is 28.6 Å². The molecule has 0 saturated carbocycles. The molecule has 1 aromatic heterocycles. The fraction of sp³-hybridized carbons (Fsp3) is 0.167. The summed E-state index contributed by atoms with van der Waals surface area (Å²) in [6.07, 6.45) is 0. The van der Waals surface area contributed by atoms with E-state index < -0.39 is 0 Å². The molecule has 0 aliphatic heterocycles. The number of benzene rings is 1. The lowest BCUT2D eigenvalue weighted by Crippen LogP contribution is -2.21. The first-order valence-electron chi connectivity index (χ1n) is 5.56. The van der Waals surface area contributed by atoms with Crippen LogP contribution in [0.4, 0.5) is 5.13 Å². The number of rotatable bonds is 4. The highest BCUT2D eigenvalue weighted by molar-refractivity contribution is 7.13. The Balaban J connectivity index is 2.36. The minimum Gasteiger partial charge on any atom is -0.496 e. The van der Waals surface area contributed by atoms with Gasteiger partial charge in [0.15, 0.2) is 5.96 Å². The van der Waals surface area contributed by atoms with Gasteiger partial charge < -0.3 is 21.9 Å². The van der Waals surface area contributed by atoms with Crippen molar-refractivity contribution in [3.63, 3.8) is 0 Å². The second-order valence-electron chi connectivity index (χ2n) is 3.78. The predicted octanol–water partition coefficient (Wildman–Crippen LogP) is 1.18. The van der Waals surface area contributed by atoms with E-state index in [9.17, 15) is 0 Å². The molecular weight excluding hydrogens is 262 g/mol. The summed E-state index contributed by atoms with van der Waals surface area (Å²) in [4.78, 5) is 8.25. The lowest BCUT2D eigenvalue weighted by Gasteiger charge is -2.07. The Bertz CT molecular complexity index is 604. The van der Waals surface area contributed by atoms with Crippen LogP contribution in [0.25, 0.3) is 11.3 Å². The molecule has 0 atom stereocenters. The van der Waals surface area contributed by atoms with Crippen molar-refractivity contribution in [3.05, 3.63) is 29.1 Å². The number of guanidine groups is 1. The Morgan fingerprint density at radius 3 is 2.84 bits per heavy atom. The van der Waals surface area contributed by atoms with Crippen molar-refractivity contribution in [2.45, 2.75) is 6.54 Å². The fourth-order valence-electron chi connectivity index (χ4n) is 1.66. The summed E-state index contributed by atoms with van der Waals surface area (Å²) in [6, 6.07) is 5.75. The van der Waals surface area contributed by atoms with Gasteiger partial charge in [-0.05, 0) is 18.2 Å². The molecule has 2 aromatic rings. The molecule has 1 aromatic carbocycles. The molecule has 19 heavy (non-hydrogen) atoms. The van der Waals surface area contributed by atoms with Gasteiger partial charge in [-0.2, -0.15) is 4.99 Å². The molecule has 0 amide bonds. The van der Waals surface area contributed by atoms with Gasteiger partial charge in [-0.3, -0.25) is 0 Å². The minimum absolute atomic E-state index is 0.00159. The highest BCUT2D eigenvalue weighted by Crippen LogP contribution is 2.29. The zero-order chi connectivity index (χ0) is 13.8. The molecule has 0 radical (unpaired) electrons. The molecule has 100 valence electrons. The maximum absolute atomic E-state index is 5.69. The Hall–Kier alpha value is -2.12. The summed E-state index contributed by atoms with van der Waals surface area (Å²) in [6.45, 7) is 0.405. The number of thiazole rings is 1. The van der Waals surface area contributed by atoms with Crippen molar-refractivity contribution in [3.8, 4) is 17.0 Å². The van der Waals surface area contributed by atoms with Crippen LogP contribution in [-0.4, -0.2) is 18.1 Å². The van der Waals surface area contributed by atoms with E-state index in [4.69, 9.17) is 21.9 Å². The van der Waals surface area contributed by atoms with Gasteiger partial charge >= 0.3 is 0 Å². The normalized spacial score (nSPS) is 10.2. The Labute approximate surface area is 114 Å². The summed E-state index contributed by atoms with van der Waals surface area (Å²) in [5.41, 5.74) is 19.0. The van der Waals surface area contributed by atoms with Crippen molar-refractivity contribution in [1.82, 2.24) is 4.98 Å². The second kappa shape index (κ2) is 5.68. The van der Waals surface area contributed by atoms with E-state index >= 15 is 0 Å². The fourth-order valence-corrected chi connectivity index (χ4v) is 2.37. The van der Waals surface area contributed by atoms with Gasteiger partial charge in [0.25, 0.3) is 0 Å². The van der Waals surface area contributed by atoms with Crippen LogP contribution < -0.4 is 21.9 Å². The van der Waals surface area contributed by atoms with Crippen molar-refractivity contribution in [1.29, 1.82) is 0 Å². The number of ether oxygens (including phenoxy) is 1. The van der Waals surface area contributed by atoms with E-state index in [2.05, 4.69) is 9.98 Å². The second-order valence-corrected chi connectivity index (χ2v) is 4.62. The maximum Gasteiger partial charge on any atom is 0.212 e. The van der Waals surface area contributed by atoms with E-state index in [0.717, 1.165) is 22.6 Å². The number of hydrogen-bond donors (Lipinski definition) is 3. The third kappa shape index (κ3) is 3.01. The number of aliphatic imine (C=N–C) groups is 1. The molecule has 2 rings (SSSR count). The van der Waals surface area contributed by atoms with Crippen LogP contribution in [0, 0.1) is 0 Å². The number of aromatic nitrogens is 1. The monoisotopic (exact) mass is 277 g/mol. The molecule has 0 saturated heterocycles. The first-order chi connectivity index (χ1) is 9.13. The maximum atomic E-state index is 5.69. The standard InChI is InChI=1S/C12H15N5OS/c1-18-10-3-2-7(4-8(10)5-13)9-6-19-12(16-9)17-11(14)15/h2-4,6H,5,13H2,1H3,(H4,14,15,16,17). The van der Waals surface area contributed by atoms with Gasteiger partial charge in [0, 0.05) is 23.1 Å². The highest BCUT2D eigenvalue weighted by atomic mass is 32.1. The van der Waals surface area contributed by atoms with Crippen molar-refractivity contribution in [2.24, 2.45) is 22.2 Å². The molecule has 0 aliphatic carbocycles. The Kier molecular flexibility index (Phi) is 3.98. The summed E-state index contributed by atoms with van der Waals surface area (Å²) in [7, 11) is 1.62. The van der Waals surface area contributed by atoms with E-state index in [1.807, 2.05) is 23.6 Å². The third-order valence-corrected chi connectivity index (χ3v) is 3.25. The van der Waals surface area contributed by atoms with E-state index in [0.29, 0.717) is 11.7 Å². The Morgan fingerprint density at radius 2 is 2.21 bits per heavy atom. The SMILES string of the molecule is COc1ccc(-c2csc(N=C(N)N)n2)cc1CN. The Morgan fingerprint density at radius 1 is 1.42 bits per heavy atom. The molecule has 7 heteroatoms. The predicted molar refractivity (Wildman–Crippen MR) is 77.5 cm³/mol. The lowest BCUT2D eigenvalue weighted by molar-refractivity contribution is 0.410. The number of nitrogens with zero attached hydrogens (tertiary/aromatic N) is 2. The van der Waals surface area contributed by atoms with Gasteiger partial charge in [0.1, 0.15) is 5.75 Å². The van der Waals surface area contributed by atoms with Crippen LogP contribution >= 0.6 is 11.3 Å². The van der Waals surface area contributed by atoms with Gasteiger partial charge in [-0.15, -0.1) is 11.3 Å². The largest absolute Gasteiger partial charge is 0.496 e. The lowest BCUT2D eigenvalue weighted by atomic mass is 10.1. The molecule has 0 aliphatic rings. The van der Waals surface area contributed by atoms with E-state index in [1.165, 1.54) is 11.3 Å². The van der Waals surface area contributed by atoms with E-state index in [1.54, 1.807) is 7.11 Å². The smallest absolute Gasteiger partial charge is 0.212 e. The summed E-state index contributed by atoms with van der Waals surface area (Å²) < 4.78 is 5.23. The molecule has 0 spiro atoms. The molecule has 6 N–H and O–H groups in total. The van der Waals surface area contributed by atoms with Gasteiger partial charge in [0.05, 0.1) is 12.8 Å². The van der Waals surface area contributed by atoms with E-state index in [-0.39, 0.29) is 5.96 Å². The average molecular weight is 277 g/mol. The van der Waals surface area contributed by atoms with Gasteiger partial charge in [-0.25, -0.2) is 4.98 Å². The number of hydrogen-bond acceptors (Lipinski definition) is 5. The number of methoxy groups -OCH3 is 1. The number of nitrogens with two attached hydrogens (primary N) is 3. The molecular formula is C12H15N5OS. The molecule has 6 nitrogen and oxygen atoms in total. The summed E-state index contributed by atoms with van der Waals surface area (Å²) >= 11 is 1.38. The molecule has 0 bridgehead atoms. The van der Waals surface area contributed by atoms with Crippen molar-refractivity contribution < 1.29 is 4.74 Å². The van der Waals surface area contributed by atoms with Crippen molar-refractivity contribution in [2.75, 3.05) is 7.11 Å². The third-order valence-electron chi connectivity index (χ3n) is 2.51. The molecule has 0 fully saturated rings. The molecule has 1 heterocycles. The molecule has 0 unspecified atom stereocenters. The first-order valence-corrected chi connectivity index (χ1v) is 6.44. The van der Waals surface area contributed by atoms with Crippen molar-refractivity contribution >= 4 is 22.4 Å². The zero-order valence-corrected chi connectivity index (χ0v) is 11.3. The van der Waals surface area contributed by atoms with Crippen LogP contribution in [0.3, 0.4) is 0 Å². The topological polar surface area (TPSA) is 113 Å². The first kappa shape index (κ1) is 13.3. The summed E-state index contributed by atoms with van der Waals surface area (Å²) in [5.74, 6) is 0.768. The van der Waals surface area contributed by atoms with Gasteiger partial charge in [0.2, 0.25) is 5.13 Å². The highest BCUT2D eigenvalue weighted by Gasteiger charge is 2.08.